The van der Waals surface area contributed by atoms with Crippen LogP contribution in [0, 0.1) is 12.3 Å². The standard InChI is InChI=1S/C27H21BrN2O2/c1-4-15-32-22-13-14-24-23(16-22)25(19-7-5-18(6-8-19)17(2)3)30-27(29-24)26(31)20-9-11-21(28)12-10-20/h1,5-14,16-17H,15H2,2-3H3. The van der Waals surface area contributed by atoms with Crippen LogP contribution in [0.25, 0.3) is 22.2 Å². The highest BCUT2D eigenvalue weighted by Crippen LogP contribution is 2.31. The lowest BCUT2D eigenvalue weighted by Gasteiger charge is -2.12. The van der Waals surface area contributed by atoms with Crippen LogP contribution in [0.4, 0.5) is 0 Å². The largest absolute Gasteiger partial charge is 0.481 e. The molecule has 0 aliphatic carbocycles. The molecule has 5 heteroatoms. The van der Waals surface area contributed by atoms with Crippen LogP contribution in [-0.4, -0.2) is 22.4 Å². The molecule has 4 rings (SSSR count). The van der Waals surface area contributed by atoms with E-state index < -0.39 is 0 Å². The number of fused-ring (bicyclic) bond motifs is 1. The van der Waals surface area contributed by atoms with Gasteiger partial charge < -0.3 is 4.74 Å². The predicted octanol–water partition coefficient (Wildman–Crippen LogP) is 6.43. The van der Waals surface area contributed by atoms with E-state index in [9.17, 15) is 4.79 Å². The molecule has 0 aliphatic rings. The highest BCUT2D eigenvalue weighted by Gasteiger charge is 2.18. The lowest BCUT2D eigenvalue weighted by atomic mass is 9.99. The Morgan fingerprint density at radius 2 is 1.75 bits per heavy atom. The summed E-state index contributed by atoms with van der Waals surface area (Å²) < 4.78 is 6.50. The Morgan fingerprint density at radius 1 is 1.03 bits per heavy atom. The molecule has 0 unspecified atom stereocenters. The number of aromatic nitrogens is 2. The van der Waals surface area contributed by atoms with Gasteiger partial charge in [-0.25, -0.2) is 9.97 Å². The molecular formula is C27H21BrN2O2. The van der Waals surface area contributed by atoms with Gasteiger partial charge in [0, 0.05) is 21.0 Å². The van der Waals surface area contributed by atoms with E-state index in [-0.39, 0.29) is 18.2 Å². The molecule has 32 heavy (non-hydrogen) atoms. The number of halogens is 1. The summed E-state index contributed by atoms with van der Waals surface area (Å²) in [6.07, 6.45) is 5.33. The maximum absolute atomic E-state index is 13.1. The van der Waals surface area contributed by atoms with E-state index in [4.69, 9.17) is 16.1 Å². The van der Waals surface area contributed by atoms with Crippen molar-refractivity contribution >= 4 is 32.6 Å². The van der Waals surface area contributed by atoms with E-state index in [2.05, 4.69) is 52.8 Å². The number of hydrogen-bond acceptors (Lipinski definition) is 4. The number of rotatable bonds is 6. The van der Waals surface area contributed by atoms with Crippen LogP contribution in [0.3, 0.4) is 0 Å². The summed E-state index contributed by atoms with van der Waals surface area (Å²) >= 11 is 3.40. The smallest absolute Gasteiger partial charge is 0.230 e. The average molecular weight is 485 g/mol. The monoisotopic (exact) mass is 484 g/mol. The molecule has 4 aromatic rings. The first kappa shape index (κ1) is 21.7. The first-order valence-electron chi connectivity index (χ1n) is 10.2. The zero-order chi connectivity index (χ0) is 22.7. The SMILES string of the molecule is C#CCOc1ccc2nc(C(=O)c3ccc(Br)cc3)nc(-c3ccc(C(C)C)cc3)c2c1. The fraction of sp³-hybridized carbons (Fsp3) is 0.148. The van der Waals surface area contributed by atoms with Crippen molar-refractivity contribution in [2.75, 3.05) is 6.61 Å². The van der Waals surface area contributed by atoms with Gasteiger partial charge in [0.15, 0.2) is 0 Å². The van der Waals surface area contributed by atoms with Crippen molar-refractivity contribution in [3.05, 3.63) is 88.2 Å². The summed E-state index contributed by atoms with van der Waals surface area (Å²) in [4.78, 5) is 22.4. The number of carbonyl (C=O) groups excluding carboxylic acids is 1. The summed E-state index contributed by atoms with van der Waals surface area (Å²) in [7, 11) is 0. The van der Waals surface area contributed by atoms with Crippen molar-refractivity contribution in [3.63, 3.8) is 0 Å². The van der Waals surface area contributed by atoms with Gasteiger partial charge in [0.1, 0.15) is 12.4 Å². The van der Waals surface area contributed by atoms with Crippen LogP contribution in [0.2, 0.25) is 0 Å². The third kappa shape index (κ3) is 4.56. The van der Waals surface area contributed by atoms with Gasteiger partial charge in [-0.05, 0) is 53.9 Å². The zero-order valence-electron chi connectivity index (χ0n) is 17.8. The Hall–Kier alpha value is -3.49. The van der Waals surface area contributed by atoms with E-state index in [1.807, 2.05) is 36.4 Å². The van der Waals surface area contributed by atoms with Crippen molar-refractivity contribution in [1.82, 2.24) is 9.97 Å². The third-order valence-electron chi connectivity index (χ3n) is 5.15. The van der Waals surface area contributed by atoms with Gasteiger partial charge in [-0.1, -0.05) is 60.0 Å². The lowest BCUT2D eigenvalue weighted by molar-refractivity contribution is 0.103. The number of nitrogens with zero attached hydrogens (tertiary/aromatic N) is 2. The van der Waals surface area contributed by atoms with E-state index in [1.165, 1.54) is 5.56 Å². The highest BCUT2D eigenvalue weighted by molar-refractivity contribution is 9.10. The van der Waals surface area contributed by atoms with Crippen molar-refractivity contribution in [3.8, 4) is 29.4 Å². The fourth-order valence-electron chi connectivity index (χ4n) is 3.40. The number of ketones is 1. The van der Waals surface area contributed by atoms with Gasteiger partial charge >= 0.3 is 0 Å². The minimum absolute atomic E-state index is 0.153. The minimum atomic E-state index is -0.230. The summed E-state index contributed by atoms with van der Waals surface area (Å²) in [5, 5.41) is 0.796. The van der Waals surface area contributed by atoms with Crippen LogP contribution in [0.15, 0.2) is 71.2 Å². The summed E-state index contributed by atoms with van der Waals surface area (Å²) in [5.74, 6) is 3.45. The van der Waals surface area contributed by atoms with Crippen molar-refractivity contribution in [2.45, 2.75) is 19.8 Å². The Kier molecular flexibility index (Phi) is 6.34. The number of terminal acetylenes is 1. The number of ether oxygens (including phenoxy) is 1. The van der Waals surface area contributed by atoms with E-state index in [1.54, 1.807) is 18.2 Å². The molecule has 1 aromatic heterocycles. The Labute approximate surface area is 195 Å². The molecule has 4 nitrogen and oxygen atoms in total. The molecule has 0 bridgehead atoms. The van der Waals surface area contributed by atoms with Gasteiger partial charge in [0.05, 0.1) is 11.2 Å². The molecule has 0 radical (unpaired) electrons. The quantitative estimate of drug-likeness (QED) is 0.234. The van der Waals surface area contributed by atoms with Crippen LogP contribution in [-0.2, 0) is 0 Å². The topological polar surface area (TPSA) is 52.1 Å². The summed E-state index contributed by atoms with van der Waals surface area (Å²) in [6, 6.07) is 20.9. The first-order chi connectivity index (χ1) is 15.5. The molecule has 0 saturated heterocycles. The van der Waals surface area contributed by atoms with E-state index in [0.717, 1.165) is 15.4 Å². The normalized spacial score (nSPS) is 10.8. The Morgan fingerprint density at radius 3 is 2.41 bits per heavy atom. The second-order valence-electron chi connectivity index (χ2n) is 7.68. The van der Waals surface area contributed by atoms with Crippen molar-refractivity contribution in [1.29, 1.82) is 0 Å². The number of hydrogen-bond donors (Lipinski definition) is 0. The third-order valence-corrected chi connectivity index (χ3v) is 5.68. The maximum Gasteiger partial charge on any atom is 0.230 e. The van der Waals surface area contributed by atoms with E-state index in [0.29, 0.717) is 28.4 Å². The van der Waals surface area contributed by atoms with Gasteiger partial charge in [-0.2, -0.15) is 0 Å². The van der Waals surface area contributed by atoms with Crippen LogP contribution >= 0.6 is 15.9 Å². The van der Waals surface area contributed by atoms with E-state index >= 15 is 0 Å². The predicted molar refractivity (Wildman–Crippen MR) is 131 cm³/mol. The molecule has 0 saturated carbocycles. The Balaban J connectivity index is 1.87. The minimum Gasteiger partial charge on any atom is -0.481 e. The zero-order valence-corrected chi connectivity index (χ0v) is 19.4. The molecule has 1 heterocycles. The van der Waals surface area contributed by atoms with Crippen molar-refractivity contribution in [2.24, 2.45) is 0 Å². The summed E-state index contributed by atoms with van der Waals surface area (Å²) in [5.41, 5.74) is 4.01. The molecule has 0 aliphatic heterocycles. The average Bonchev–Trinajstić information content (AvgIpc) is 2.82. The van der Waals surface area contributed by atoms with Gasteiger partial charge in [-0.15, -0.1) is 6.42 Å². The lowest BCUT2D eigenvalue weighted by Crippen LogP contribution is -2.08. The molecule has 0 amide bonds. The molecule has 0 spiro atoms. The van der Waals surface area contributed by atoms with Crippen molar-refractivity contribution < 1.29 is 9.53 Å². The molecule has 0 atom stereocenters. The summed E-state index contributed by atoms with van der Waals surface area (Å²) in [6.45, 7) is 4.48. The van der Waals surface area contributed by atoms with Crippen LogP contribution in [0.5, 0.6) is 5.75 Å². The number of benzene rings is 3. The molecule has 3 aromatic carbocycles. The second kappa shape index (κ2) is 9.33. The highest BCUT2D eigenvalue weighted by atomic mass is 79.9. The van der Waals surface area contributed by atoms with Crippen LogP contribution in [0.1, 0.15) is 41.5 Å². The maximum atomic E-state index is 13.1. The first-order valence-corrected chi connectivity index (χ1v) is 11.0. The molecule has 0 fully saturated rings. The van der Waals surface area contributed by atoms with Gasteiger partial charge in [-0.3, -0.25) is 4.79 Å². The molecule has 158 valence electrons. The Bertz CT molecular complexity index is 1320. The van der Waals surface area contributed by atoms with Gasteiger partial charge in [0.25, 0.3) is 0 Å². The fourth-order valence-corrected chi connectivity index (χ4v) is 3.66. The molecular weight excluding hydrogens is 464 g/mol. The van der Waals surface area contributed by atoms with Gasteiger partial charge in [0.2, 0.25) is 11.6 Å². The van der Waals surface area contributed by atoms with Crippen LogP contribution < -0.4 is 4.74 Å². The second-order valence-corrected chi connectivity index (χ2v) is 8.60. The number of carbonyl (C=O) groups is 1. The molecule has 0 N–H and O–H groups in total.